The van der Waals surface area contributed by atoms with Crippen LogP contribution >= 0.6 is 11.3 Å². The van der Waals surface area contributed by atoms with Gasteiger partial charge in [-0.3, -0.25) is 0 Å². The third-order valence-electron chi connectivity index (χ3n) is 3.13. The van der Waals surface area contributed by atoms with Crippen LogP contribution in [0.3, 0.4) is 0 Å². The maximum absolute atomic E-state index is 5.74. The van der Waals surface area contributed by atoms with E-state index in [9.17, 15) is 0 Å². The summed E-state index contributed by atoms with van der Waals surface area (Å²) in [5, 5.41) is 9.21. The fourth-order valence-electron chi connectivity index (χ4n) is 2.28. The molecular weight excluding hydrogens is 234 g/mol. The lowest BCUT2D eigenvalue weighted by Crippen LogP contribution is -2.02. The molecule has 0 spiro atoms. The molecule has 1 aliphatic heterocycles. The van der Waals surface area contributed by atoms with Crippen molar-refractivity contribution >= 4 is 16.5 Å². The second kappa shape index (κ2) is 4.10. The summed E-state index contributed by atoms with van der Waals surface area (Å²) in [6.07, 6.45) is 4.71. The van der Waals surface area contributed by atoms with Gasteiger partial charge in [0.05, 0.1) is 10.6 Å². The molecule has 5 nitrogen and oxygen atoms in total. The minimum atomic E-state index is 0.600. The van der Waals surface area contributed by atoms with Crippen molar-refractivity contribution in [2.75, 3.05) is 5.73 Å². The Morgan fingerprint density at radius 3 is 2.88 bits per heavy atom. The quantitative estimate of drug-likeness (QED) is 0.839. The maximum atomic E-state index is 5.74. The van der Waals surface area contributed by atoms with Gasteiger partial charge in [0.25, 0.3) is 0 Å². The Hall–Kier alpha value is -1.43. The number of fused-ring (bicyclic) bond motifs is 1. The van der Waals surface area contributed by atoms with Crippen LogP contribution in [0.1, 0.15) is 30.8 Å². The van der Waals surface area contributed by atoms with Gasteiger partial charge in [0.1, 0.15) is 5.82 Å². The summed E-state index contributed by atoms with van der Waals surface area (Å²) in [6.45, 7) is 2.98. The second-order valence-electron chi connectivity index (χ2n) is 4.37. The first-order chi connectivity index (χ1) is 8.25. The summed E-state index contributed by atoms with van der Waals surface area (Å²) in [7, 11) is 0. The van der Waals surface area contributed by atoms with E-state index in [1.165, 1.54) is 30.6 Å². The summed E-state index contributed by atoms with van der Waals surface area (Å²) in [4.78, 5) is 5.31. The van der Waals surface area contributed by atoms with Crippen LogP contribution in [0, 0.1) is 6.92 Å². The number of thiazole rings is 1. The molecule has 0 saturated heterocycles. The van der Waals surface area contributed by atoms with Gasteiger partial charge in [-0.05, 0) is 19.8 Å². The van der Waals surface area contributed by atoms with Crippen LogP contribution in [0.25, 0.3) is 10.7 Å². The molecule has 2 N–H and O–H groups in total. The third-order valence-corrected chi connectivity index (χ3v) is 4.11. The van der Waals surface area contributed by atoms with Crippen LogP contribution < -0.4 is 5.73 Å². The molecule has 0 saturated carbocycles. The lowest BCUT2D eigenvalue weighted by atomic mass is 10.2. The Morgan fingerprint density at radius 2 is 2.12 bits per heavy atom. The Balaban J connectivity index is 2.09. The zero-order chi connectivity index (χ0) is 11.8. The molecule has 3 rings (SSSR count). The van der Waals surface area contributed by atoms with Gasteiger partial charge in [-0.2, -0.15) is 0 Å². The summed E-state index contributed by atoms with van der Waals surface area (Å²) >= 11 is 1.50. The van der Waals surface area contributed by atoms with E-state index >= 15 is 0 Å². The molecule has 3 heterocycles. The van der Waals surface area contributed by atoms with E-state index in [2.05, 4.69) is 19.7 Å². The largest absolute Gasteiger partial charge is 0.375 e. The normalized spacial score (nSPS) is 15.6. The van der Waals surface area contributed by atoms with Crippen molar-refractivity contribution in [3.05, 3.63) is 11.5 Å². The number of nitrogens with two attached hydrogens (primary N) is 1. The summed E-state index contributed by atoms with van der Waals surface area (Å²) < 4.78 is 2.23. The van der Waals surface area contributed by atoms with Crippen molar-refractivity contribution < 1.29 is 0 Å². The molecule has 0 radical (unpaired) electrons. The molecule has 1 aliphatic rings. The van der Waals surface area contributed by atoms with E-state index in [1.54, 1.807) is 0 Å². The average molecular weight is 249 g/mol. The number of aryl methyl sites for hydroxylation is 2. The lowest BCUT2D eigenvalue weighted by molar-refractivity contribution is 0.637. The number of nitrogen functional groups attached to an aromatic ring is 1. The predicted octanol–water partition coefficient (Wildman–Crippen LogP) is 2.02. The van der Waals surface area contributed by atoms with E-state index < -0.39 is 0 Å². The molecule has 0 fully saturated rings. The van der Waals surface area contributed by atoms with Crippen LogP contribution in [-0.4, -0.2) is 19.7 Å². The molecule has 0 amide bonds. The highest BCUT2D eigenvalue weighted by Crippen LogP contribution is 2.31. The molecule has 90 valence electrons. The monoisotopic (exact) mass is 249 g/mol. The maximum Gasteiger partial charge on any atom is 0.180 e. The third kappa shape index (κ3) is 1.82. The number of nitrogens with zero attached hydrogens (tertiary/aromatic N) is 4. The Kier molecular flexibility index (Phi) is 2.58. The first-order valence-corrected chi connectivity index (χ1v) is 6.72. The van der Waals surface area contributed by atoms with Gasteiger partial charge in [0.2, 0.25) is 0 Å². The first-order valence-electron chi connectivity index (χ1n) is 5.91. The van der Waals surface area contributed by atoms with Gasteiger partial charge >= 0.3 is 0 Å². The molecule has 0 bridgehead atoms. The van der Waals surface area contributed by atoms with Crippen LogP contribution in [0.5, 0.6) is 0 Å². The van der Waals surface area contributed by atoms with Crippen LogP contribution in [0.2, 0.25) is 0 Å². The number of hydrogen-bond acceptors (Lipinski definition) is 5. The lowest BCUT2D eigenvalue weighted by Gasteiger charge is -2.05. The van der Waals surface area contributed by atoms with E-state index in [1.807, 2.05) is 6.92 Å². The number of anilines is 1. The van der Waals surface area contributed by atoms with E-state index in [0.29, 0.717) is 5.13 Å². The molecule has 2 aromatic heterocycles. The second-order valence-corrected chi connectivity index (χ2v) is 5.40. The molecule has 17 heavy (non-hydrogen) atoms. The van der Waals surface area contributed by atoms with Gasteiger partial charge in [-0.15, -0.1) is 10.2 Å². The minimum absolute atomic E-state index is 0.600. The number of rotatable bonds is 1. The van der Waals surface area contributed by atoms with Crippen molar-refractivity contribution in [3.63, 3.8) is 0 Å². The molecule has 0 atom stereocenters. The highest BCUT2D eigenvalue weighted by molar-refractivity contribution is 7.18. The van der Waals surface area contributed by atoms with E-state index in [0.717, 1.165) is 35.2 Å². The Morgan fingerprint density at radius 1 is 1.24 bits per heavy atom. The van der Waals surface area contributed by atoms with Crippen LogP contribution in [0.4, 0.5) is 5.13 Å². The van der Waals surface area contributed by atoms with Gasteiger partial charge in [0.15, 0.2) is 11.0 Å². The summed E-state index contributed by atoms with van der Waals surface area (Å²) in [5.74, 6) is 2.04. The zero-order valence-electron chi connectivity index (χ0n) is 9.81. The molecule has 0 unspecified atom stereocenters. The van der Waals surface area contributed by atoms with Gasteiger partial charge in [0, 0.05) is 13.0 Å². The minimum Gasteiger partial charge on any atom is -0.375 e. The van der Waals surface area contributed by atoms with Crippen molar-refractivity contribution in [1.82, 2.24) is 19.7 Å². The molecule has 6 heteroatoms. The van der Waals surface area contributed by atoms with Gasteiger partial charge in [-0.1, -0.05) is 17.8 Å². The topological polar surface area (TPSA) is 69.6 Å². The average Bonchev–Trinajstić information content (AvgIpc) is 2.74. The zero-order valence-corrected chi connectivity index (χ0v) is 10.6. The van der Waals surface area contributed by atoms with E-state index in [-0.39, 0.29) is 0 Å². The first kappa shape index (κ1) is 10.7. The molecule has 0 aromatic carbocycles. The standard InChI is InChI=1S/C11H15N5S/c1-7-9(17-11(12)13-7)10-15-14-8-5-3-2-4-6-16(8)10/h2-6H2,1H3,(H2,12,13). The predicted molar refractivity (Wildman–Crippen MR) is 67.8 cm³/mol. The van der Waals surface area contributed by atoms with Crippen molar-refractivity contribution in [2.45, 2.75) is 39.2 Å². The number of aromatic nitrogens is 4. The Labute approximate surface area is 104 Å². The highest BCUT2D eigenvalue weighted by Gasteiger charge is 2.19. The van der Waals surface area contributed by atoms with Gasteiger partial charge < -0.3 is 10.3 Å². The summed E-state index contributed by atoms with van der Waals surface area (Å²) in [6, 6.07) is 0. The van der Waals surface area contributed by atoms with E-state index in [4.69, 9.17) is 5.73 Å². The van der Waals surface area contributed by atoms with Crippen LogP contribution in [0.15, 0.2) is 0 Å². The SMILES string of the molecule is Cc1nc(N)sc1-c1nnc2n1CCCCC2. The fraction of sp³-hybridized carbons (Fsp3) is 0.545. The van der Waals surface area contributed by atoms with Crippen LogP contribution in [-0.2, 0) is 13.0 Å². The van der Waals surface area contributed by atoms with Crippen molar-refractivity contribution in [2.24, 2.45) is 0 Å². The summed E-state index contributed by atoms with van der Waals surface area (Å²) in [5.41, 5.74) is 6.69. The fourth-order valence-corrected chi connectivity index (χ4v) is 3.11. The molecular formula is C11H15N5S. The highest BCUT2D eigenvalue weighted by atomic mass is 32.1. The van der Waals surface area contributed by atoms with Gasteiger partial charge in [-0.25, -0.2) is 4.98 Å². The smallest absolute Gasteiger partial charge is 0.180 e. The Bertz CT molecular complexity index is 542. The van der Waals surface area contributed by atoms with Crippen molar-refractivity contribution in [1.29, 1.82) is 0 Å². The molecule has 2 aromatic rings. The van der Waals surface area contributed by atoms with Crippen molar-refractivity contribution in [3.8, 4) is 10.7 Å². The number of hydrogen-bond donors (Lipinski definition) is 1. The molecule has 0 aliphatic carbocycles.